The van der Waals surface area contributed by atoms with Gasteiger partial charge in [-0.2, -0.15) is 0 Å². The maximum atomic E-state index is 5.82. The van der Waals surface area contributed by atoms with Crippen molar-refractivity contribution in [3.8, 4) is 10.6 Å². The summed E-state index contributed by atoms with van der Waals surface area (Å²) in [5.41, 5.74) is 9.55. The van der Waals surface area contributed by atoms with Gasteiger partial charge < -0.3 is 5.73 Å². The lowest BCUT2D eigenvalue weighted by Crippen LogP contribution is -1.85. The first-order valence-corrected chi connectivity index (χ1v) is 8.57. The fourth-order valence-electron chi connectivity index (χ4n) is 2.06. The van der Waals surface area contributed by atoms with E-state index in [-0.39, 0.29) is 0 Å². The molecule has 0 fully saturated rings. The Labute approximate surface area is 140 Å². The standard InChI is InChI=1S/C15H13N2PS3/c16-9-2-4-11-12(7-9)21-15(17-11)10-3-1-8(5-6-18)13(19)14(10)20/h1-7,19-20H,16,18H2/b6-5+. The van der Waals surface area contributed by atoms with Gasteiger partial charge in [0.05, 0.1) is 10.2 Å². The predicted octanol–water partition coefficient (Wildman–Crippen LogP) is 4.97. The molecule has 1 aromatic heterocycles. The van der Waals surface area contributed by atoms with E-state index in [0.717, 1.165) is 41.8 Å². The zero-order chi connectivity index (χ0) is 15.0. The monoisotopic (exact) mass is 348 g/mol. The van der Waals surface area contributed by atoms with Crippen molar-refractivity contribution >= 4 is 67.8 Å². The molecule has 3 rings (SSSR count). The Morgan fingerprint density at radius 2 is 1.95 bits per heavy atom. The van der Waals surface area contributed by atoms with Gasteiger partial charge in [0.15, 0.2) is 0 Å². The van der Waals surface area contributed by atoms with Crippen molar-refractivity contribution in [3.05, 3.63) is 41.7 Å². The maximum Gasteiger partial charge on any atom is 0.125 e. The number of rotatable bonds is 2. The molecule has 1 unspecified atom stereocenters. The van der Waals surface area contributed by atoms with E-state index in [1.165, 1.54) is 0 Å². The molecule has 0 saturated heterocycles. The molecule has 106 valence electrons. The van der Waals surface area contributed by atoms with Gasteiger partial charge in [0, 0.05) is 21.0 Å². The van der Waals surface area contributed by atoms with Gasteiger partial charge >= 0.3 is 0 Å². The van der Waals surface area contributed by atoms with E-state index in [4.69, 9.17) is 5.73 Å². The molecule has 1 heterocycles. The van der Waals surface area contributed by atoms with Gasteiger partial charge in [-0.3, -0.25) is 0 Å². The average molecular weight is 348 g/mol. The lowest BCUT2D eigenvalue weighted by molar-refractivity contribution is 1.24. The van der Waals surface area contributed by atoms with Crippen molar-refractivity contribution in [2.75, 3.05) is 5.73 Å². The summed E-state index contributed by atoms with van der Waals surface area (Å²) in [6.07, 6.45) is 1.98. The molecule has 3 aromatic rings. The Kier molecular flexibility index (Phi) is 4.27. The predicted molar refractivity (Wildman–Crippen MR) is 103 cm³/mol. The first-order chi connectivity index (χ1) is 10.1. The van der Waals surface area contributed by atoms with Crippen LogP contribution in [-0.4, -0.2) is 4.98 Å². The number of thiazole rings is 1. The molecule has 21 heavy (non-hydrogen) atoms. The quantitative estimate of drug-likeness (QED) is 0.348. The molecule has 0 aliphatic heterocycles. The van der Waals surface area contributed by atoms with Gasteiger partial charge in [-0.05, 0) is 23.8 Å². The molecule has 0 radical (unpaired) electrons. The number of hydrogen-bond donors (Lipinski definition) is 3. The second-order valence-electron chi connectivity index (χ2n) is 4.50. The van der Waals surface area contributed by atoms with Crippen LogP contribution in [0.1, 0.15) is 5.56 Å². The fraction of sp³-hybridized carbons (Fsp3) is 0. The minimum absolute atomic E-state index is 0.750. The fourth-order valence-corrected chi connectivity index (χ4v) is 3.97. The molecule has 0 spiro atoms. The van der Waals surface area contributed by atoms with Gasteiger partial charge in [0.25, 0.3) is 0 Å². The highest BCUT2D eigenvalue weighted by molar-refractivity contribution is 7.83. The number of hydrogen-bond acceptors (Lipinski definition) is 5. The highest BCUT2D eigenvalue weighted by atomic mass is 32.1. The lowest BCUT2D eigenvalue weighted by Gasteiger charge is -2.07. The van der Waals surface area contributed by atoms with Crippen molar-refractivity contribution < 1.29 is 0 Å². The van der Waals surface area contributed by atoms with E-state index < -0.39 is 0 Å². The van der Waals surface area contributed by atoms with Gasteiger partial charge in [0.2, 0.25) is 0 Å². The highest BCUT2D eigenvalue weighted by Gasteiger charge is 2.12. The van der Waals surface area contributed by atoms with Crippen LogP contribution in [0.3, 0.4) is 0 Å². The van der Waals surface area contributed by atoms with Gasteiger partial charge in [-0.1, -0.05) is 24.0 Å². The molecule has 1 atom stereocenters. The summed E-state index contributed by atoms with van der Waals surface area (Å²) in [6, 6.07) is 9.81. The summed E-state index contributed by atoms with van der Waals surface area (Å²) in [7, 11) is 2.56. The maximum absolute atomic E-state index is 5.82. The number of aromatic nitrogens is 1. The van der Waals surface area contributed by atoms with Crippen molar-refractivity contribution in [1.29, 1.82) is 0 Å². The minimum Gasteiger partial charge on any atom is -0.399 e. The molecule has 0 aliphatic rings. The van der Waals surface area contributed by atoms with Crippen LogP contribution >= 0.6 is 45.8 Å². The summed E-state index contributed by atoms with van der Waals surface area (Å²) in [5.74, 6) is 1.91. The Morgan fingerprint density at radius 1 is 1.14 bits per heavy atom. The van der Waals surface area contributed by atoms with Crippen LogP contribution in [0.15, 0.2) is 45.9 Å². The van der Waals surface area contributed by atoms with Crippen LogP contribution in [0.25, 0.3) is 26.9 Å². The third-order valence-corrected chi connectivity index (χ3v) is 5.47. The number of anilines is 1. The second-order valence-corrected chi connectivity index (χ2v) is 6.81. The molecule has 0 aliphatic carbocycles. The third kappa shape index (κ3) is 2.84. The van der Waals surface area contributed by atoms with Gasteiger partial charge in [0.1, 0.15) is 5.01 Å². The number of nitrogens with zero attached hydrogens (tertiary/aromatic N) is 1. The molecule has 0 saturated carbocycles. The Hall–Kier alpha value is -1.000. The highest BCUT2D eigenvalue weighted by Crippen LogP contribution is 2.38. The summed E-state index contributed by atoms with van der Waals surface area (Å²) < 4.78 is 1.08. The SMILES string of the molecule is Nc1ccc2nc(-c3ccc(/C=C/P)c(S)c3S)sc2c1. The van der Waals surface area contributed by atoms with Crippen LogP contribution in [0.5, 0.6) is 0 Å². The van der Waals surface area contributed by atoms with E-state index in [0.29, 0.717) is 0 Å². The van der Waals surface area contributed by atoms with Crippen molar-refractivity contribution in [3.63, 3.8) is 0 Å². The molecule has 2 aromatic carbocycles. The van der Waals surface area contributed by atoms with E-state index in [9.17, 15) is 0 Å². The second kappa shape index (κ2) is 6.01. The summed E-state index contributed by atoms with van der Waals surface area (Å²) >= 11 is 10.8. The van der Waals surface area contributed by atoms with Crippen LogP contribution in [0, 0.1) is 0 Å². The number of nitrogen functional groups attached to an aromatic ring is 1. The first kappa shape index (κ1) is 14.9. The third-order valence-electron chi connectivity index (χ3n) is 3.10. The molecule has 6 heteroatoms. The molecular weight excluding hydrogens is 335 g/mol. The normalized spacial score (nSPS) is 11.6. The molecule has 2 N–H and O–H groups in total. The Morgan fingerprint density at radius 3 is 2.71 bits per heavy atom. The van der Waals surface area contributed by atoms with Crippen molar-refractivity contribution in [2.24, 2.45) is 0 Å². The molecule has 0 bridgehead atoms. The van der Waals surface area contributed by atoms with Crippen molar-refractivity contribution in [1.82, 2.24) is 4.98 Å². The number of nitrogens with two attached hydrogens (primary N) is 1. The first-order valence-electron chi connectivity index (χ1n) is 6.20. The largest absolute Gasteiger partial charge is 0.399 e. The van der Waals surface area contributed by atoms with Crippen LogP contribution in [0.4, 0.5) is 5.69 Å². The topological polar surface area (TPSA) is 38.9 Å². The number of thiol groups is 2. The average Bonchev–Trinajstić information content (AvgIpc) is 2.87. The van der Waals surface area contributed by atoms with Crippen LogP contribution in [0.2, 0.25) is 0 Å². The van der Waals surface area contributed by atoms with E-state index in [1.54, 1.807) is 11.3 Å². The lowest BCUT2D eigenvalue weighted by atomic mass is 10.1. The van der Waals surface area contributed by atoms with Crippen LogP contribution in [-0.2, 0) is 0 Å². The molecular formula is C15H13N2PS3. The van der Waals surface area contributed by atoms with E-state index in [1.807, 2.05) is 42.2 Å². The van der Waals surface area contributed by atoms with E-state index in [2.05, 4.69) is 39.5 Å². The molecule has 0 amide bonds. The zero-order valence-electron chi connectivity index (χ0n) is 10.9. The molecule has 2 nitrogen and oxygen atoms in total. The summed E-state index contributed by atoms with van der Waals surface area (Å²) in [5, 5.41) is 0.928. The van der Waals surface area contributed by atoms with Gasteiger partial charge in [-0.25, -0.2) is 4.98 Å². The summed E-state index contributed by atoms with van der Waals surface area (Å²) in [4.78, 5) is 6.35. The Balaban J connectivity index is 2.16. The Bertz CT molecular complexity index is 855. The van der Waals surface area contributed by atoms with Crippen molar-refractivity contribution in [2.45, 2.75) is 9.79 Å². The summed E-state index contributed by atoms with van der Waals surface area (Å²) in [6.45, 7) is 0. The zero-order valence-corrected chi connectivity index (χ0v) is 14.7. The smallest absolute Gasteiger partial charge is 0.125 e. The van der Waals surface area contributed by atoms with Crippen LogP contribution < -0.4 is 5.73 Å². The number of fused-ring (bicyclic) bond motifs is 1. The minimum atomic E-state index is 0.750. The number of benzene rings is 2. The van der Waals surface area contributed by atoms with E-state index >= 15 is 0 Å². The van der Waals surface area contributed by atoms with Gasteiger partial charge in [-0.15, -0.1) is 45.8 Å².